The minimum atomic E-state index is -0.188. The van der Waals surface area contributed by atoms with Gasteiger partial charge in [0.1, 0.15) is 5.76 Å². The molecule has 0 amide bonds. The molecule has 1 atom stereocenters. The number of hydrogen-bond donors (Lipinski definition) is 0. The first-order chi connectivity index (χ1) is 9.52. The van der Waals surface area contributed by atoms with E-state index in [1.807, 2.05) is 51.0 Å². The molecule has 1 heterocycles. The lowest BCUT2D eigenvalue weighted by atomic mass is 9.92. The molecule has 0 saturated carbocycles. The highest BCUT2D eigenvalue weighted by Crippen LogP contribution is 2.26. The fourth-order valence-electron chi connectivity index (χ4n) is 2.26. The molecule has 0 radical (unpaired) electrons. The van der Waals surface area contributed by atoms with Crippen LogP contribution in [0.2, 0.25) is 0 Å². The normalized spacial score (nSPS) is 11.9. The first-order valence-corrected chi connectivity index (χ1v) is 6.61. The van der Waals surface area contributed by atoms with Crippen LogP contribution in [0, 0.1) is 25.2 Å². The van der Waals surface area contributed by atoms with Crippen LogP contribution < -0.4 is 4.90 Å². The summed E-state index contributed by atoms with van der Waals surface area (Å²) in [6.45, 7) is 3.80. The van der Waals surface area contributed by atoms with Crippen LogP contribution in [0.3, 0.4) is 0 Å². The predicted molar refractivity (Wildman–Crippen MR) is 78.8 cm³/mol. The fraction of sp³-hybridized carbons (Fsp3) is 0.375. The second-order valence-electron chi connectivity index (χ2n) is 5.18. The molecular weight excluding hydrogens is 250 g/mol. The Hall–Kier alpha value is -2.28. The van der Waals surface area contributed by atoms with Crippen LogP contribution in [0.15, 0.2) is 28.8 Å². The van der Waals surface area contributed by atoms with E-state index >= 15 is 0 Å². The Morgan fingerprint density at radius 2 is 2.10 bits per heavy atom. The van der Waals surface area contributed by atoms with E-state index in [4.69, 9.17) is 4.52 Å². The van der Waals surface area contributed by atoms with E-state index in [0.717, 1.165) is 28.3 Å². The summed E-state index contributed by atoms with van der Waals surface area (Å²) in [5.41, 5.74) is 4.03. The second-order valence-corrected chi connectivity index (χ2v) is 5.18. The lowest BCUT2D eigenvalue weighted by molar-refractivity contribution is 0.392. The molecular formula is C16H19N3O. The molecule has 1 aromatic carbocycles. The van der Waals surface area contributed by atoms with Gasteiger partial charge < -0.3 is 9.42 Å². The first kappa shape index (κ1) is 14.1. The van der Waals surface area contributed by atoms with Gasteiger partial charge in [0.15, 0.2) is 0 Å². The molecule has 104 valence electrons. The maximum atomic E-state index is 9.47. The smallest absolute Gasteiger partial charge is 0.137 e. The molecule has 2 rings (SSSR count). The summed E-state index contributed by atoms with van der Waals surface area (Å²) < 4.78 is 5.17. The quantitative estimate of drug-likeness (QED) is 0.855. The highest BCUT2D eigenvalue weighted by molar-refractivity contribution is 5.49. The molecule has 0 spiro atoms. The summed E-state index contributed by atoms with van der Waals surface area (Å²) >= 11 is 0. The van der Waals surface area contributed by atoms with Gasteiger partial charge in [-0.3, -0.25) is 0 Å². The lowest BCUT2D eigenvalue weighted by Crippen LogP contribution is -2.10. The SMILES string of the molecule is Cc1noc(C)c1CC(C#N)c1cccc(N(C)C)c1. The van der Waals surface area contributed by atoms with E-state index in [1.54, 1.807) is 0 Å². The Bertz CT molecular complexity index is 618. The van der Waals surface area contributed by atoms with Crippen molar-refractivity contribution < 1.29 is 4.52 Å². The van der Waals surface area contributed by atoms with E-state index in [2.05, 4.69) is 17.3 Å². The molecule has 0 aliphatic heterocycles. The molecule has 0 N–H and O–H groups in total. The number of hydrogen-bond acceptors (Lipinski definition) is 4. The van der Waals surface area contributed by atoms with Gasteiger partial charge in [-0.05, 0) is 38.0 Å². The van der Waals surface area contributed by atoms with Gasteiger partial charge in [-0.2, -0.15) is 5.26 Å². The van der Waals surface area contributed by atoms with Crippen LogP contribution in [0.25, 0.3) is 0 Å². The fourth-order valence-corrected chi connectivity index (χ4v) is 2.26. The Labute approximate surface area is 119 Å². The molecule has 1 unspecified atom stereocenters. The van der Waals surface area contributed by atoms with Gasteiger partial charge in [0, 0.05) is 25.3 Å². The summed E-state index contributed by atoms with van der Waals surface area (Å²) in [5.74, 6) is 0.609. The second kappa shape index (κ2) is 5.79. The van der Waals surface area contributed by atoms with Crippen molar-refractivity contribution in [2.45, 2.75) is 26.2 Å². The van der Waals surface area contributed by atoms with E-state index in [0.29, 0.717) is 6.42 Å². The number of anilines is 1. The van der Waals surface area contributed by atoms with Crippen LogP contribution in [0.1, 0.15) is 28.5 Å². The average molecular weight is 269 g/mol. The maximum Gasteiger partial charge on any atom is 0.137 e. The molecule has 0 aliphatic rings. The molecule has 20 heavy (non-hydrogen) atoms. The van der Waals surface area contributed by atoms with Crippen molar-refractivity contribution in [3.05, 3.63) is 46.8 Å². The summed E-state index contributed by atoms with van der Waals surface area (Å²) in [6, 6.07) is 10.5. The minimum absolute atomic E-state index is 0.188. The predicted octanol–water partition coefficient (Wildman–Crippen LogP) is 3.21. The van der Waals surface area contributed by atoms with Gasteiger partial charge in [0.25, 0.3) is 0 Å². The number of benzene rings is 1. The molecule has 0 saturated heterocycles. The first-order valence-electron chi connectivity index (χ1n) is 6.61. The van der Waals surface area contributed by atoms with Crippen LogP contribution in [-0.4, -0.2) is 19.3 Å². The van der Waals surface area contributed by atoms with E-state index in [-0.39, 0.29) is 5.92 Å². The van der Waals surface area contributed by atoms with Crippen molar-refractivity contribution in [1.82, 2.24) is 5.16 Å². The minimum Gasteiger partial charge on any atom is -0.378 e. The maximum absolute atomic E-state index is 9.47. The zero-order chi connectivity index (χ0) is 14.7. The third kappa shape index (κ3) is 2.83. The Balaban J connectivity index is 2.30. The van der Waals surface area contributed by atoms with Crippen molar-refractivity contribution in [2.24, 2.45) is 0 Å². The van der Waals surface area contributed by atoms with E-state index < -0.39 is 0 Å². The zero-order valence-electron chi connectivity index (χ0n) is 12.3. The molecule has 4 heteroatoms. The standard InChI is InChI=1S/C16H19N3O/c1-11-16(12(2)20-18-11)9-14(10-17)13-6-5-7-15(8-13)19(3)4/h5-8,14H,9H2,1-4H3. The van der Waals surface area contributed by atoms with Crippen LogP contribution in [-0.2, 0) is 6.42 Å². The number of rotatable bonds is 4. The van der Waals surface area contributed by atoms with Crippen molar-refractivity contribution >= 4 is 5.69 Å². The van der Waals surface area contributed by atoms with Crippen molar-refractivity contribution in [2.75, 3.05) is 19.0 Å². The monoisotopic (exact) mass is 269 g/mol. The molecule has 2 aromatic rings. The Morgan fingerprint density at radius 3 is 2.65 bits per heavy atom. The molecule has 0 aliphatic carbocycles. The lowest BCUT2D eigenvalue weighted by Gasteiger charge is -2.15. The Kier molecular flexibility index (Phi) is 4.09. The third-order valence-electron chi connectivity index (χ3n) is 3.53. The van der Waals surface area contributed by atoms with Gasteiger partial charge in [-0.1, -0.05) is 17.3 Å². The summed E-state index contributed by atoms with van der Waals surface area (Å²) in [6.07, 6.45) is 0.633. The summed E-state index contributed by atoms with van der Waals surface area (Å²) in [5, 5.41) is 13.4. The number of aromatic nitrogens is 1. The largest absolute Gasteiger partial charge is 0.378 e. The van der Waals surface area contributed by atoms with Crippen molar-refractivity contribution in [1.29, 1.82) is 5.26 Å². The third-order valence-corrected chi connectivity index (χ3v) is 3.53. The van der Waals surface area contributed by atoms with Gasteiger partial charge in [0.2, 0.25) is 0 Å². The molecule has 1 aromatic heterocycles. The highest BCUT2D eigenvalue weighted by Gasteiger charge is 2.18. The summed E-state index contributed by atoms with van der Waals surface area (Å²) in [4.78, 5) is 2.04. The molecule has 4 nitrogen and oxygen atoms in total. The topological polar surface area (TPSA) is 53.1 Å². The number of nitriles is 1. The van der Waals surface area contributed by atoms with Gasteiger partial charge in [0.05, 0.1) is 17.7 Å². The van der Waals surface area contributed by atoms with Gasteiger partial charge in [-0.15, -0.1) is 0 Å². The molecule has 0 fully saturated rings. The van der Waals surface area contributed by atoms with E-state index in [9.17, 15) is 5.26 Å². The van der Waals surface area contributed by atoms with Gasteiger partial charge in [-0.25, -0.2) is 0 Å². The average Bonchev–Trinajstić information content (AvgIpc) is 2.76. The van der Waals surface area contributed by atoms with Crippen molar-refractivity contribution in [3.8, 4) is 6.07 Å². The van der Waals surface area contributed by atoms with Gasteiger partial charge >= 0.3 is 0 Å². The number of aryl methyl sites for hydroxylation is 2. The van der Waals surface area contributed by atoms with Crippen LogP contribution >= 0.6 is 0 Å². The van der Waals surface area contributed by atoms with Crippen molar-refractivity contribution in [3.63, 3.8) is 0 Å². The van der Waals surface area contributed by atoms with Crippen LogP contribution in [0.4, 0.5) is 5.69 Å². The molecule has 0 bridgehead atoms. The Morgan fingerprint density at radius 1 is 1.35 bits per heavy atom. The summed E-state index contributed by atoms with van der Waals surface area (Å²) in [7, 11) is 3.99. The highest BCUT2D eigenvalue weighted by atomic mass is 16.5. The van der Waals surface area contributed by atoms with E-state index in [1.165, 1.54) is 0 Å². The number of nitrogens with zero attached hydrogens (tertiary/aromatic N) is 3. The zero-order valence-corrected chi connectivity index (χ0v) is 12.3. The van der Waals surface area contributed by atoms with Crippen LogP contribution in [0.5, 0.6) is 0 Å².